The zero-order valence-corrected chi connectivity index (χ0v) is 9.93. The van der Waals surface area contributed by atoms with E-state index >= 15 is 0 Å². The molecular weight excluding hydrogens is 224 g/mol. The van der Waals surface area contributed by atoms with Crippen LogP contribution in [0.5, 0.6) is 0 Å². The van der Waals surface area contributed by atoms with E-state index < -0.39 is 18.0 Å². The number of benzene rings is 1. The highest BCUT2D eigenvalue weighted by atomic mass is 16.7. The van der Waals surface area contributed by atoms with Gasteiger partial charge in [0.2, 0.25) is 0 Å². The third-order valence-corrected chi connectivity index (χ3v) is 2.24. The number of hydrogen-bond donors (Lipinski definition) is 0. The smallest absolute Gasteiger partial charge is 0.379 e. The van der Waals surface area contributed by atoms with Crippen molar-refractivity contribution in [3.05, 3.63) is 35.4 Å². The lowest BCUT2D eigenvalue weighted by atomic mass is 10.1. The molecule has 0 aliphatic carbocycles. The molecule has 1 aromatic rings. The zero-order chi connectivity index (χ0) is 12.8. The van der Waals surface area contributed by atoms with E-state index in [1.165, 1.54) is 33.5 Å². The Kier molecular flexibility index (Phi) is 4.81. The molecule has 0 unspecified atom stereocenters. The number of Topliss-reactive ketones (excluding diaryl/α,β-unsaturated/α-hetero) is 1. The first-order chi connectivity index (χ1) is 8.13. The Hall–Kier alpha value is -1.72. The van der Waals surface area contributed by atoms with Gasteiger partial charge in [0.25, 0.3) is 5.78 Å². The van der Waals surface area contributed by atoms with Crippen molar-refractivity contribution in [2.75, 3.05) is 21.3 Å². The van der Waals surface area contributed by atoms with Crippen LogP contribution in [0.15, 0.2) is 24.3 Å². The summed E-state index contributed by atoms with van der Waals surface area (Å²) in [7, 11) is 4.20. The van der Waals surface area contributed by atoms with E-state index in [1.807, 2.05) is 0 Å². The van der Waals surface area contributed by atoms with Gasteiger partial charge >= 0.3 is 5.97 Å². The molecule has 0 radical (unpaired) electrons. The Labute approximate surface area is 99.3 Å². The Morgan fingerprint density at radius 2 is 1.53 bits per heavy atom. The lowest BCUT2D eigenvalue weighted by molar-refractivity contribution is -0.135. The van der Waals surface area contributed by atoms with Gasteiger partial charge in [-0.15, -0.1) is 0 Å². The Balaban J connectivity index is 2.88. The maximum atomic E-state index is 11.5. The van der Waals surface area contributed by atoms with Gasteiger partial charge in [-0.2, -0.15) is 0 Å². The number of ether oxygens (including phenoxy) is 3. The van der Waals surface area contributed by atoms with Crippen molar-refractivity contribution in [1.29, 1.82) is 0 Å². The minimum atomic E-state index is -0.882. The minimum Gasteiger partial charge on any atom is -0.463 e. The predicted molar refractivity (Wildman–Crippen MR) is 59.5 cm³/mol. The molecule has 5 nitrogen and oxygen atoms in total. The monoisotopic (exact) mass is 238 g/mol. The number of ketones is 1. The second-order valence-corrected chi connectivity index (χ2v) is 3.25. The molecule has 0 bridgehead atoms. The number of rotatable bonds is 5. The topological polar surface area (TPSA) is 61.8 Å². The van der Waals surface area contributed by atoms with Gasteiger partial charge in [0.1, 0.15) is 0 Å². The van der Waals surface area contributed by atoms with Crippen LogP contribution in [0.3, 0.4) is 0 Å². The van der Waals surface area contributed by atoms with Gasteiger partial charge < -0.3 is 14.2 Å². The van der Waals surface area contributed by atoms with Gasteiger partial charge in [-0.25, -0.2) is 4.79 Å². The lowest BCUT2D eigenvalue weighted by Gasteiger charge is -2.13. The van der Waals surface area contributed by atoms with Gasteiger partial charge in [-0.1, -0.05) is 24.3 Å². The lowest BCUT2D eigenvalue weighted by Crippen LogP contribution is -2.15. The van der Waals surface area contributed by atoms with E-state index in [4.69, 9.17) is 9.47 Å². The van der Waals surface area contributed by atoms with E-state index in [9.17, 15) is 9.59 Å². The minimum absolute atomic E-state index is 0.270. The van der Waals surface area contributed by atoms with Crippen molar-refractivity contribution in [2.45, 2.75) is 6.29 Å². The fourth-order valence-corrected chi connectivity index (χ4v) is 1.37. The number of hydrogen-bond acceptors (Lipinski definition) is 5. The Morgan fingerprint density at radius 1 is 1.00 bits per heavy atom. The van der Waals surface area contributed by atoms with Crippen LogP contribution in [0, 0.1) is 0 Å². The summed E-state index contributed by atoms with van der Waals surface area (Å²) in [6.07, 6.45) is -0.489. The molecule has 1 aromatic carbocycles. The van der Waals surface area contributed by atoms with Gasteiger partial charge in [-0.3, -0.25) is 4.79 Å². The summed E-state index contributed by atoms with van der Waals surface area (Å²) in [5, 5.41) is 0. The molecule has 5 heteroatoms. The second kappa shape index (κ2) is 6.12. The van der Waals surface area contributed by atoms with Crippen LogP contribution in [0.25, 0.3) is 0 Å². The Morgan fingerprint density at radius 3 is 1.94 bits per heavy atom. The van der Waals surface area contributed by atoms with Crippen molar-refractivity contribution in [1.82, 2.24) is 0 Å². The maximum Gasteiger partial charge on any atom is 0.379 e. The van der Waals surface area contributed by atoms with Crippen LogP contribution in [0.1, 0.15) is 22.2 Å². The highest BCUT2D eigenvalue weighted by molar-refractivity contribution is 6.40. The van der Waals surface area contributed by atoms with Crippen molar-refractivity contribution in [3.63, 3.8) is 0 Å². The van der Waals surface area contributed by atoms with Gasteiger partial charge in [0.15, 0.2) is 6.29 Å². The number of carbonyl (C=O) groups is 2. The highest BCUT2D eigenvalue weighted by Crippen LogP contribution is 2.17. The summed E-state index contributed by atoms with van der Waals surface area (Å²) >= 11 is 0. The van der Waals surface area contributed by atoms with Crippen LogP contribution >= 0.6 is 0 Å². The molecule has 0 saturated heterocycles. The average Bonchev–Trinajstić information content (AvgIpc) is 2.39. The Bertz CT molecular complexity index is 392. The maximum absolute atomic E-state index is 11.5. The quantitative estimate of drug-likeness (QED) is 0.335. The first kappa shape index (κ1) is 13.3. The highest BCUT2D eigenvalue weighted by Gasteiger charge is 2.17. The van der Waals surface area contributed by atoms with Crippen molar-refractivity contribution in [2.24, 2.45) is 0 Å². The normalized spacial score (nSPS) is 10.4. The summed E-state index contributed by atoms with van der Waals surface area (Å²) in [6, 6.07) is 6.38. The molecule has 0 amide bonds. The number of esters is 1. The average molecular weight is 238 g/mol. The molecule has 17 heavy (non-hydrogen) atoms. The number of carbonyl (C=O) groups excluding carboxylic acids is 2. The fraction of sp³-hybridized carbons (Fsp3) is 0.333. The molecule has 0 saturated carbocycles. The summed E-state index contributed by atoms with van der Waals surface area (Å²) in [5.74, 6) is -1.56. The molecule has 0 spiro atoms. The van der Waals surface area contributed by atoms with Crippen LogP contribution in [0.4, 0.5) is 0 Å². The predicted octanol–water partition coefficient (Wildman–Crippen LogP) is 1.33. The first-order valence-electron chi connectivity index (χ1n) is 4.92. The molecule has 0 aliphatic heterocycles. The third kappa shape index (κ3) is 3.12. The van der Waals surface area contributed by atoms with Crippen molar-refractivity contribution >= 4 is 11.8 Å². The summed E-state index contributed by atoms with van der Waals surface area (Å²) in [4.78, 5) is 22.5. The van der Waals surface area contributed by atoms with Crippen LogP contribution < -0.4 is 0 Å². The molecule has 0 atom stereocenters. The van der Waals surface area contributed by atoms with E-state index in [-0.39, 0.29) is 5.56 Å². The molecule has 92 valence electrons. The summed E-state index contributed by atoms with van der Waals surface area (Å²) in [5.41, 5.74) is 1.03. The summed E-state index contributed by atoms with van der Waals surface area (Å²) in [6.45, 7) is 0. The second-order valence-electron chi connectivity index (χ2n) is 3.25. The van der Waals surface area contributed by atoms with Gasteiger partial charge in [0.05, 0.1) is 7.11 Å². The molecule has 0 aromatic heterocycles. The largest absolute Gasteiger partial charge is 0.463 e. The molecule has 1 rings (SSSR count). The van der Waals surface area contributed by atoms with E-state index in [0.717, 1.165) is 5.56 Å². The van der Waals surface area contributed by atoms with Gasteiger partial charge in [0, 0.05) is 25.3 Å². The first-order valence-corrected chi connectivity index (χ1v) is 4.92. The molecule has 0 heterocycles. The van der Waals surface area contributed by atoms with E-state index in [1.54, 1.807) is 12.1 Å². The SMILES string of the molecule is COC(=O)C(=O)c1ccc(C(OC)OC)cc1. The van der Waals surface area contributed by atoms with E-state index in [2.05, 4.69) is 4.74 Å². The molecule has 0 N–H and O–H groups in total. The third-order valence-electron chi connectivity index (χ3n) is 2.24. The standard InChI is InChI=1S/C12H14O5/c1-15-11(14)10(13)8-4-6-9(7-5-8)12(16-2)17-3/h4-7,12H,1-3H3. The van der Waals surface area contributed by atoms with Crippen LogP contribution in [0.2, 0.25) is 0 Å². The summed E-state index contributed by atoms with van der Waals surface area (Å²) < 4.78 is 14.5. The van der Waals surface area contributed by atoms with Crippen molar-refractivity contribution < 1.29 is 23.8 Å². The molecule has 0 aliphatic rings. The molecule has 0 fully saturated rings. The van der Waals surface area contributed by atoms with Crippen LogP contribution in [-0.4, -0.2) is 33.1 Å². The van der Waals surface area contributed by atoms with E-state index in [0.29, 0.717) is 0 Å². The van der Waals surface area contributed by atoms with Crippen molar-refractivity contribution in [3.8, 4) is 0 Å². The van der Waals surface area contributed by atoms with Crippen LogP contribution in [-0.2, 0) is 19.0 Å². The fourth-order valence-electron chi connectivity index (χ4n) is 1.37. The van der Waals surface area contributed by atoms with Gasteiger partial charge in [-0.05, 0) is 0 Å². The number of methoxy groups -OCH3 is 3. The molecular formula is C12H14O5. The zero-order valence-electron chi connectivity index (χ0n) is 9.93.